The van der Waals surface area contributed by atoms with Crippen LogP contribution in [-0.4, -0.2) is 6.04 Å². The molecule has 1 aliphatic heterocycles. The van der Waals surface area contributed by atoms with E-state index in [2.05, 4.69) is 69.4 Å². The Morgan fingerprint density at radius 1 is 1.10 bits per heavy atom. The molecule has 2 aromatic carbocycles. The Balaban J connectivity index is 1.90. The second-order valence-corrected chi connectivity index (χ2v) is 7.36. The minimum Gasteiger partial charge on any atom is -0.380 e. The number of hydrogen-bond acceptors (Lipinski definition) is 1. The van der Waals surface area contributed by atoms with Crippen LogP contribution < -0.4 is 5.32 Å². The van der Waals surface area contributed by atoms with Gasteiger partial charge in [0.15, 0.2) is 0 Å². The van der Waals surface area contributed by atoms with Gasteiger partial charge in [-0.05, 0) is 42.5 Å². The topological polar surface area (TPSA) is 12.0 Å². The van der Waals surface area contributed by atoms with Crippen molar-refractivity contribution in [2.45, 2.75) is 51.5 Å². The van der Waals surface area contributed by atoms with Crippen LogP contribution in [0.25, 0.3) is 0 Å². The second-order valence-electron chi connectivity index (χ2n) is 7.36. The molecule has 0 saturated carbocycles. The number of hydrogen-bond donors (Lipinski definition) is 1. The molecular weight excluding hydrogens is 254 g/mol. The lowest BCUT2D eigenvalue weighted by molar-refractivity contribution is 0.362. The normalized spacial score (nSPS) is 24.8. The molecule has 0 aromatic heterocycles. The van der Waals surface area contributed by atoms with Gasteiger partial charge in [0, 0.05) is 23.1 Å². The Morgan fingerprint density at radius 3 is 2.67 bits per heavy atom. The van der Waals surface area contributed by atoms with E-state index >= 15 is 0 Å². The van der Waals surface area contributed by atoms with Gasteiger partial charge in [0.2, 0.25) is 0 Å². The molecule has 1 heteroatoms. The summed E-state index contributed by atoms with van der Waals surface area (Å²) in [5.41, 5.74) is 8.89. The lowest BCUT2D eigenvalue weighted by Crippen LogP contribution is -2.45. The third-order valence-corrected chi connectivity index (χ3v) is 5.54. The number of fused-ring (bicyclic) bond motifs is 4. The predicted octanol–water partition coefficient (Wildman–Crippen LogP) is 4.72. The van der Waals surface area contributed by atoms with E-state index in [1.165, 1.54) is 33.5 Å². The Morgan fingerprint density at radius 2 is 1.86 bits per heavy atom. The van der Waals surface area contributed by atoms with Crippen LogP contribution in [0.2, 0.25) is 0 Å². The van der Waals surface area contributed by atoms with Crippen molar-refractivity contribution in [3.05, 3.63) is 64.2 Å². The summed E-state index contributed by atoms with van der Waals surface area (Å²) >= 11 is 0. The molecule has 0 spiro atoms. The summed E-state index contributed by atoms with van der Waals surface area (Å²) in [7, 11) is 0. The van der Waals surface area contributed by atoms with Crippen molar-refractivity contribution in [2.75, 3.05) is 5.32 Å². The van der Waals surface area contributed by atoms with E-state index in [0.29, 0.717) is 12.0 Å². The summed E-state index contributed by atoms with van der Waals surface area (Å²) in [4.78, 5) is 0. The molecule has 2 atom stereocenters. The Kier molecular flexibility index (Phi) is 2.54. The van der Waals surface area contributed by atoms with Crippen molar-refractivity contribution in [2.24, 2.45) is 0 Å². The smallest absolute Gasteiger partial charge is 0.0425 e. The van der Waals surface area contributed by atoms with Crippen LogP contribution in [0.1, 0.15) is 47.6 Å². The molecule has 0 bridgehead atoms. The van der Waals surface area contributed by atoms with Gasteiger partial charge >= 0.3 is 0 Å². The van der Waals surface area contributed by atoms with E-state index in [4.69, 9.17) is 0 Å². The minimum atomic E-state index is 0.166. The SMILES string of the molecule is Cc1cc(C)c2c(c1)C1Cc3ccccc3C(C)(C)C1N2. The van der Waals surface area contributed by atoms with Gasteiger partial charge in [-0.1, -0.05) is 55.8 Å². The molecule has 0 fully saturated rings. The summed E-state index contributed by atoms with van der Waals surface area (Å²) in [6, 6.07) is 14.2. The highest BCUT2D eigenvalue weighted by molar-refractivity contribution is 5.67. The fraction of sp³-hybridized carbons (Fsp3) is 0.400. The van der Waals surface area contributed by atoms with E-state index in [1.54, 1.807) is 0 Å². The van der Waals surface area contributed by atoms with Gasteiger partial charge in [0.05, 0.1) is 0 Å². The van der Waals surface area contributed by atoms with Crippen LogP contribution in [0.15, 0.2) is 36.4 Å². The van der Waals surface area contributed by atoms with E-state index in [1.807, 2.05) is 0 Å². The summed E-state index contributed by atoms with van der Waals surface area (Å²) in [5.74, 6) is 0.600. The van der Waals surface area contributed by atoms with Crippen molar-refractivity contribution in [3.8, 4) is 0 Å². The molecule has 0 radical (unpaired) electrons. The first-order chi connectivity index (χ1) is 9.98. The maximum atomic E-state index is 3.86. The van der Waals surface area contributed by atoms with Gasteiger partial charge < -0.3 is 5.32 Å². The van der Waals surface area contributed by atoms with Crippen LogP contribution in [-0.2, 0) is 11.8 Å². The molecule has 1 aliphatic carbocycles. The monoisotopic (exact) mass is 277 g/mol. The molecule has 2 unspecified atom stereocenters. The molecule has 108 valence electrons. The van der Waals surface area contributed by atoms with Crippen LogP contribution >= 0.6 is 0 Å². The van der Waals surface area contributed by atoms with Crippen molar-refractivity contribution in [3.63, 3.8) is 0 Å². The predicted molar refractivity (Wildman–Crippen MR) is 89.2 cm³/mol. The zero-order chi connectivity index (χ0) is 14.8. The molecule has 1 N–H and O–H groups in total. The quantitative estimate of drug-likeness (QED) is 0.735. The summed E-state index contributed by atoms with van der Waals surface area (Å²) in [5, 5.41) is 3.86. The number of benzene rings is 2. The Labute approximate surface area is 127 Å². The van der Waals surface area contributed by atoms with Crippen molar-refractivity contribution in [1.29, 1.82) is 0 Å². The first-order valence-electron chi connectivity index (χ1n) is 7.94. The van der Waals surface area contributed by atoms with E-state index in [0.717, 1.165) is 6.42 Å². The molecular formula is C20H23N. The molecule has 4 rings (SSSR count). The highest BCUT2D eigenvalue weighted by Gasteiger charge is 2.47. The van der Waals surface area contributed by atoms with E-state index in [9.17, 15) is 0 Å². The fourth-order valence-electron chi connectivity index (χ4n) is 4.57. The average molecular weight is 277 g/mol. The van der Waals surface area contributed by atoms with Crippen LogP contribution in [0.3, 0.4) is 0 Å². The standard InChI is InChI=1S/C20H23N/c1-12-9-13(2)18-15(10-12)16-11-14-7-5-6-8-17(14)20(3,4)19(16)21-18/h5-10,16,19,21H,11H2,1-4H3. The summed E-state index contributed by atoms with van der Waals surface area (Å²) in [6.45, 7) is 9.23. The molecule has 0 saturated heterocycles. The van der Waals surface area contributed by atoms with E-state index < -0.39 is 0 Å². The van der Waals surface area contributed by atoms with Crippen LogP contribution in [0.4, 0.5) is 5.69 Å². The number of rotatable bonds is 0. The van der Waals surface area contributed by atoms with Crippen molar-refractivity contribution < 1.29 is 0 Å². The highest BCUT2D eigenvalue weighted by Crippen LogP contribution is 2.51. The molecule has 2 aromatic rings. The van der Waals surface area contributed by atoms with Gasteiger partial charge in [-0.15, -0.1) is 0 Å². The lowest BCUT2D eigenvalue weighted by Gasteiger charge is -2.42. The molecule has 1 nitrogen and oxygen atoms in total. The third kappa shape index (κ3) is 1.70. The zero-order valence-electron chi connectivity index (χ0n) is 13.3. The zero-order valence-corrected chi connectivity index (χ0v) is 13.3. The number of anilines is 1. The second kappa shape index (κ2) is 4.13. The van der Waals surface area contributed by atoms with Gasteiger partial charge in [0.25, 0.3) is 0 Å². The molecule has 0 amide bonds. The molecule has 21 heavy (non-hydrogen) atoms. The highest BCUT2D eigenvalue weighted by atomic mass is 15.0. The molecule has 2 aliphatic rings. The van der Waals surface area contributed by atoms with Gasteiger partial charge in [0.1, 0.15) is 0 Å². The minimum absolute atomic E-state index is 0.166. The Bertz CT molecular complexity index is 727. The van der Waals surface area contributed by atoms with Crippen LogP contribution in [0, 0.1) is 13.8 Å². The summed E-state index contributed by atoms with van der Waals surface area (Å²) < 4.78 is 0. The lowest BCUT2D eigenvalue weighted by atomic mass is 9.64. The Hall–Kier alpha value is -1.76. The van der Waals surface area contributed by atoms with Crippen molar-refractivity contribution >= 4 is 5.69 Å². The maximum Gasteiger partial charge on any atom is 0.0425 e. The largest absolute Gasteiger partial charge is 0.380 e. The fourth-order valence-corrected chi connectivity index (χ4v) is 4.57. The van der Waals surface area contributed by atoms with E-state index in [-0.39, 0.29) is 5.41 Å². The summed E-state index contributed by atoms with van der Waals surface area (Å²) in [6.07, 6.45) is 1.16. The average Bonchev–Trinajstić information content (AvgIpc) is 2.79. The third-order valence-electron chi connectivity index (χ3n) is 5.54. The maximum absolute atomic E-state index is 3.86. The first kappa shape index (κ1) is 12.9. The number of nitrogens with one attached hydrogen (secondary N) is 1. The van der Waals surface area contributed by atoms with Crippen molar-refractivity contribution in [1.82, 2.24) is 0 Å². The van der Waals surface area contributed by atoms with Gasteiger partial charge in [-0.3, -0.25) is 0 Å². The first-order valence-corrected chi connectivity index (χ1v) is 7.94. The molecule has 1 heterocycles. The van der Waals surface area contributed by atoms with Gasteiger partial charge in [-0.25, -0.2) is 0 Å². The number of aryl methyl sites for hydroxylation is 2. The van der Waals surface area contributed by atoms with Crippen LogP contribution in [0.5, 0.6) is 0 Å². The van der Waals surface area contributed by atoms with Gasteiger partial charge in [-0.2, -0.15) is 0 Å².